The Morgan fingerprint density at radius 2 is 2.00 bits per heavy atom. The van der Waals surface area contributed by atoms with Crippen molar-refractivity contribution in [1.82, 2.24) is 4.90 Å². The number of aromatic hydroxyl groups is 1. The number of allylic oxidation sites excluding steroid dienone is 3. The van der Waals surface area contributed by atoms with Gasteiger partial charge < -0.3 is 10.0 Å². The van der Waals surface area contributed by atoms with E-state index in [-0.39, 0.29) is 17.7 Å². The maximum atomic E-state index is 11.9. The van der Waals surface area contributed by atoms with Gasteiger partial charge in [-0.25, -0.2) is 0 Å². The molecule has 0 saturated heterocycles. The van der Waals surface area contributed by atoms with E-state index in [0.29, 0.717) is 0 Å². The van der Waals surface area contributed by atoms with E-state index < -0.39 is 0 Å². The summed E-state index contributed by atoms with van der Waals surface area (Å²) in [5.41, 5.74) is 0.743. The number of carbonyl (C=O) groups excluding carboxylic acids is 1. The van der Waals surface area contributed by atoms with Crippen LogP contribution in [0.15, 0.2) is 48.6 Å². The van der Waals surface area contributed by atoms with E-state index in [1.807, 2.05) is 32.1 Å². The Labute approximate surface area is 108 Å². The number of phenolic OH excluding ortho intramolecular Hbond substituents is 1. The van der Waals surface area contributed by atoms with Gasteiger partial charge in [0.15, 0.2) is 0 Å². The molecule has 0 spiro atoms. The molecule has 1 amide bonds. The first-order chi connectivity index (χ1) is 8.57. The van der Waals surface area contributed by atoms with Crippen molar-refractivity contribution in [2.45, 2.75) is 19.9 Å². The normalized spacial score (nSPS) is 13.1. The summed E-state index contributed by atoms with van der Waals surface area (Å²) in [6.07, 6.45) is 6.87. The van der Waals surface area contributed by atoms with Crippen LogP contribution >= 0.6 is 0 Å². The van der Waals surface area contributed by atoms with Crippen LogP contribution in [0.2, 0.25) is 0 Å². The minimum Gasteiger partial charge on any atom is -0.508 e. The lowest BCUT2D eigenvalue weighted by molar-refractivity contribution is -0.126. The van der Waals surface area contributed by atoms with Crippen molar-refractivity contribution < 1.29 is 9.90 Å². The van der Waals surface area contributed by atoms with E-state index in [1.54, 1.807) is 36.2 Å². The number of benzene rings is 1. The molecular weight excluding hydrogens is 226 g/mol. The summed E-state index contributed by atoms with van der Waals surface area (Å²) in [6.45, 7) is 3.78. The highest BCUT2D eigenvalue weighted by Crippen LogP contribution is 2.27. The van der Waals surface area contributed by atoms with Crippen LogP contribution in [0.25, 0.3) is 0 Å². The summed E-state index contributed by atoms with van der Waals surface area (Å²) in [6, 6.07) is 6.88. The van der Waals surface area contributed by atoms with E-state index in [2.05, 4.69) is 0 Å². The molecule has 1 atom stereocenters. The molecule has 1 aromatic carbocycles. The molecule has 0 aromatic heterocycles. The number of para-hydroxylation sites is 1. The first-order valence-electron chi connectivity index (χ1n) is 5.92. The second kappa shape index (κ2) is 6.64. The highest BCUT2D eigenvalue weighted by Gasteiger charge is 2.17. The van der Waals surface area contributed by atoms with E-state index in [4.69, 9.17) is 0 Å². The van der Waals surface area contributed by atoms with Crippen molar-refractivity contribution in [3.8, 4) is 5.75 Å². The highest BCUT2D eigenvalue weighted by molar-refractivity contribution is 5.88. The van der Waals surface area contributed by atoms with Gasteiger partial charge >= 0.3 is 0 Å². The lowest BCUT2D eigenvalue weighted by Crippen LogP contribution is -2.28. The fourth-order valence-electron chi connectivity index (χ4n) is 1.61. The van der Waals surface area contributed by atoms with Gasteiger partial charge in [-0.1, -0.05) is 36.4 Å². The summed E-state index contributed by atoms with van der Waals surface area (Å²) >= 11 is 0. The van der Waals surface area contributed by atoms with Gasteiger partial charge in [-0.05, 0) is 19.9 Å². The topological polar surface area (TPSA) is 40.5 Å². The average molecular weight is 245 g/mol. The molecule has 18 heavy (non-hydrogen) atoms. The van der Waals surface area contributed by atoms with Crippen LogP contribution in [-0.4, -0.2) is 23.0 Å². The monoisotopic (exact) mass is 245 g/mol. The van der Waals surface area contributed by atoms with Gasteiger partial charge in [0.2, 0.25) is 5.91 Å². The predicted octanol–water partition coefficient (Wildman–Crippen LogP) is 3.04. The summed E-state index contributed by atoms with van der Waals surface area (Å²) in [4.78, 5) is 13.5. The van der Waals surface area contributed by atoms with Gasteiger partial charge in [0.1, 0.15) is 5.75 Å². The molecule has 1 aromatic rings. The Kier molecular flexibility index (Phi) is 5.18. The van der Waals surface area contributed by atoms with Crippen molar-refractivity contribution in [2.24, 2.45) is 0 Å². The molecule has 0 heterocycles. The molecular formula is C15H19NO2. The van der Waals surface area contributed by atoms with Crippen molar-refractivity contribution in [2.75, 3.05) is 7.05 Å². The molecule has 1 rings (SSSR count). The molecule has 3 nitrogen and oxygen atoms in total. The number of nitrogens with zero attached hydrogens (tertiary/aromatic N) is 1. The highest BCUT2D eigenvalue weighted by atomic mass is 16.3. The quantitative estimate of drug-likeness (QED) is 0.654. The van der Waals surface area contributed by atoms with Crippen molar-refractivity contribution in [3.63, 3.8) is 0 Å². The van der Waals surface area contributed by atoms with Crippen molar-refractivity contribution >= 4 is 5.91 Å². The zero-order valence-electron chi connectivity index (χ0n) is 11.0. The van der Waals surface area contributed by atoms with Gasteiger partial charge in [-0.15, -0.1) is 0 Å². The zero-order chi connectivity index (χ0) is 13.5. The maximum Gasteiger partial charge on any atom is 0.246 e. The molecule has 0 saturated carbocycles. The molecule has 1 N–H and O–H groups in total. The SMILES string of the molecule is C/C=C/C=C/C(=O)N(C)C(C)c1ccccc1O. The van der Waals surface area contributed by atoms with Crippen molar-refractivity contribution in [3.05, 3.63) is 54.1 Å². The van der Waals surface area contributed by atoms with E-state index in [9.17, 15) is 9.90 Å². The third-order valence-electron chi connectivity index (χ3n) is 2.86. The van der Waals surface area contributed by atoms with Gasteiger partial charge in [0, 0.05) is 18.7 Å². The Morgan fingerprint density at radius 1 is 1.33 bits per heavy atom. The molecule has 3 heteroatoms. The van der Waals surface area contributed by atoms with Gasteiger partial charge in [-0.2, -0.15) is 0 Å². The van der Waals surface area contributed by atoms with Crippen molar-refractivity contribution in [1.29, 1.82) is 0 Å². The number of hydrogen-bond acceptors (Lipinski definition) is 2. The fourth-order valence-corrected chi connectivity index (χ4v) is 1.61. The predicted molar refractivity (Wildman–Crippen MR) is 73.2 cm³/mol. The van der Waals surface area contributed by atoms with Gasteiger partial charge in [0.05, 0.1) is 6.04 Å². The molecule has 0 aliphatic rings. The van der Waals surface area contributed by atoms with E-state index in [0.717, 1.165) is 5.56 Å². The largest absolute Gasteiger partial charge is 0.508 e. The minimum atomic E-state index is -0.172. The van der Waals surface area contributed by atoms with Gasteiger partial charge in [0.25, 0.3) is 0 Å². The Balaban J connectivity index is 2.81. The summed E-state index contributed by atoms with van der Waals surface area (Å²) in [5.74, 6) is 0.117. The number of amides is 1. The second-order valence-electron chi connectivity index (χ2n) is 4.07. The number of phenols is 1. The molecule has 1 unspecified atom stereocenters. The fraction of sp³-hybridized carbons (Fsp3) is 0.267. The third kappa shape index (κ3) is 3.48. The van der Waals surface area contributed by atoms with Crippen LogP contribution in [0.3, 0.4) is 0 Å². The second-order valence-corrected chi connectivity index (χ2v) is 4.07. The number of likely N-dealkylation sites (N-methyl/N-ethyl adjacent to an activating group) is 1. The lowest BCUT2D eigenvalue weighted by atomic mass is 10.1. The molecule has 96 valence electrons. The van der Waals surface area contributed by atoms with Gasteiger partial charge in [-0.3, -0.25) is 4.79 Å². The zero-order valence-corrected chi connectivity index (χ0v) is 11.0. The van der Waals surface area contributed by atoms with Crippen LogP contribution in [0.1, 0.15) is 25.5 Å². The summed E-state index contributed by atoms with van der Waals surface area (Å²) in [5, 5.41) is 9.76. The standard InChI is InChI=1S/C15H19NO2/c1-4-5-6-11-15(18)16(3)12(2)13-9-7-8-10-14(13)17/h4-12,17H,1-3H3/b5-4+,11-6+. The van der Waals surface area contributed by atoms with Crippen LogP contribution in [0, 0.1) is 0 Å². The molecule has 0 radical (unpaired) electrons. The van der Waals surface area contributed by atoms with Crippen LogP contribution < -0.4 is 0 Å². The minimum absolute atomic E-state index is 0.0937. The van der Waals surface area contributed by atoms with Crippen LogP contribution in [-0.2, 0) is 4.79 Å². The maximum absolute atomic E-state index is 11.9. The van der Waals surface area contributed by atoms with Crippen LogP contribution in [0.5, 0.6) is 5.75 Å². The first-order valence-corrected chi connectivity index (χ1v) is 5.92. The smallest absolute Gasteiger partial charge is 0.246 e. The summed E-state index contributed by atoms with van der Waals surface area (Å²) < 4.78 is 0. The number of carbonyl (C=O) groups is 1. The van der Waals surface area contributed by atoms with E-state index in [1.165, 1.54) is 6.08 Å². The molecule has 0 fully saturated rings. The number of rotatable bonds is 4. The Hall–Kier alpha value is -2.03. The van der Waals surface area contributed by atoms with Crippen LogP contribution in [0.4, 0.5) is 0 Å². The first kappa shape index (κ1) is 14.0. The number of hydrogen-bond donors (Lipinski definition) is 1. The Bertz CT molecular complexity index is 463. The molecule has 0 bridgehead atoms. The lowest BCUT2D eigenvalue weighted by Gasteiger charge is -2.24. The molecule has 0 aliphatic heterocycles. The Morgan fingerprint density at radius 3 is 2.61 bits per heavy atom. The summed E-state index contributed by atoms with van der Waals surface area (Å²) in [7, 11) is 1.72. The van der Waals surface area contributed by atoms with E-state index >= 15 is 0 Å². The average Bonchev–Trinajstić information content (AvgIpc) is 2.38. The third-order valence-corrected chi connectivity index (χ3v) is 2.86. The molecule has 0 aliphatic carbocycles.